The van der Waals surface area contributed by atoms with Gasteiger partial charge in [-0.15, -0.1) is 25.3 Å². The van der Waals surface area contributed by atoms with Crippen LogP contribution in [0.2, 0.25) is 0 Å². The monoisotopic (exact) mass is 747 g/mol. The summed E-state index contributed by atoms with van der Waals surface area (Å²) in [5.41, 5.74) is 0. The van der Waals surface area contributed by atoms with Crippen LogP contribution in [0.5, 0.6) is 0 Å². The SMILES string of the molecule is CCCCC(CC)CN(CC(CC)CCCC)C(=S)S.CCCCCCCCCCCCN(CCCCCCCCCCCC)C(=S)S. The third kappa shape index (κ3) is 34.9. The molecule has 0 amide bonds. The highest BCUT2D eigenvalue weighted by atomic mass is 32.1. The summed E-state index contributed by atoms with van der Waals surface area (Å²) < 4.78 is 1.58. The third-order valence-corrected chi connectivity index (χ3v) is 11.2. The van der Waals surface area contributed by atoms with Crippen molar-refractivity contribution < 1.29 is 0 Å². The molecular formula is C42H86N2S4. The molecule has 0 saturated heterocycles. The fourth-order valence-electron chi connectivity index (χ4n) is 6.57. The summed E-state index contributed by atoms with van der Waals surface area (Å²) in [6, 6.07) is 0. The quantitative estimate of drug-likeness (QED) is 0.0384. The number of rotatable bonds is 34. The van der Waals surface area contributed by atoms with Crippen LogP contribution in [0.1, 0.15) is 221 Å². The molecule has 0 rings (SSSR count). The summed E-state index contributed by atoms with van der Waals surface area (Å²) in [5, 5.41) is 0. The first-order valence-corrected chi connectivity index (χ1v) is 23.0. The standard InChI is InChI=1S/C25H51NS2.C17H35NS2/c1-3-5-7-9-11-13-15-17-19-21-23-26(25(27)28)24-22-20-18-16-14-12-10-8-6-4-2;1-5-9-11-15(7-3)13-18(17(19)20)14-16(8-4)12-10-6-2/h3-24H2,1-2H3,(H,27,28);15-16H,5-14H2,1-4H3,(H,19,20). The van der Waals surface area contributed by atoms with Gasteiger partial charge in [0.05, 0.1) is 0 Å². The zero-order chi connectivity index (χ0) is 36.1. The van der Waals surface area contributed by atoms with Crippen molar-refractivity contribution in [3.63, 3.8) is 0 Å². The highest BCUT2D eigenvalue weighted by molar-refractivity contribution is 8.11. The molecule has 0 spiro atoms. The molecule has 288 valence electrons. The first kappa shape index (κ1) is 50.6. The molecule has 0 N–H and O–H groups in total. The molecule has 0 aliphatic carbocycles. The number of thiocarbonyl (C=S) groups is 2. The molecular weight excluding hydrogens is 661 g/mol. The van der Waals surface area contributed by atoms with E-state index in [0.717, 1.165) is 46.7 Å². The molecule has 0 aromatic heterocycles. The lowest BCUT2D eigenvalue weighted by atomic mass is 9.96. The molecule has 0 aliphatic heterocycles. The van der Waals surface area contributed by atoms with Crippen molar-refractivity contribution in [2.45, 2.75) is 221 Å². The van der Waals surface area contributed by atoms with Crippen molar-refractivity contribution in [3.05, 3.63) is 0 Å². The molecule has 0 bridgehead atoms. The van der Waals surface area contributed by atoms with Crippen LogP contribution < -0.4 is 0 Å². The fraction of sp³-hybridized carbons (Fsp3) is 0.952. The van der Waals surface area contributed by atoms with Crippen molar-refractivity contribution in [1.29, 1.82) is 0 Å². The lowest BCUT2D eigenvalue weighted by Gasteiger charge is -2.31. The van der Waals surface area contributed by atoms with Crippen LogP contribution in [0, 0.1) is 11.8 Å². The minimum atomic E-state index is 0.767. The minimum Gasteiger partial charge on any atom is -0.358 e. The Balaban J connectivity index is 0. The Morgan fingerprint density at radius 1 is 0.396 bits per heavy atom. The molecule has 0 radical (unpaired) electrons. The van der Waals surface area contributed by atoms with Gasteiger partial charge in [0.15, 0.2) is 0 Å². The third-order valence-electron chi connectivity index (χ3n) is 10.1. The van der Waals surface area contributed by atoms with E-state index in [1.54, 1.807) is 0 Å². The molecule has 2 atom stereocenters. The normalized spacial score (nSPS) is 12.3. The van der Waals surface area contributed by atoms with Gasteiger partial charge in [-0.3, -0.25) is 0 Å². The maximum Gasteiger partial charge on any atom is 0.133 e. The predicted molar refractivity (Wildman–Crippen MR) is 237 cm³/mol. The van der Waals surface area contributed by atoms with Crippen molar-refractivity contribution >= 4 is 58.3 Å². The fourth-order valence-corrected chi connectivity index (χ4v) is 7.27. The summed E-state index contributed by atoms with van der Waals surface area (Å²) in [6.07, 6.45) is 38.2. The van der Waals surface area contributed by atoms with E-state index in [4.69, 9.17) is 24.4 Å². The molecule has 0 aromatic rings. The van der Waals surface area contributed by atoms with Crippen LogP contribution in [-0.2, 0) is 0 Å². The molecule has 0 fully saturated rings. The van der Waals surface area contributed by atoms with Crippen molar-refractivity contribution in [2.24, 2.45) is 11.8 Å². The van der Waals surface area contributed by atoms with Crippen LogP contribution in [0.25, 0.3) is 0 Å². The molecule has 0 heterocycles. The Morgan fingerprint density at radius 2 is 0.667 bits per heavy atom. The van der Waals surface area contributed by atoms with Gasteiger partial charge in [0.1, 0.15) is 8.64 Å². The van der Waals surface area contributed by atoms with Gasteiger partial charge in [0.25, 0.3) is 0 Å². The minimum absolute atomic E-state index is 0.767. The highest BCUT2D eigenvalue weighted by Gasteiger charge is 2.17. The van der Waals surface area contributed by atoms with Gasteiger partial charge < -0.3 is 9.80 Å². The zero-order valence-electron chi connectivity index (χ0n) is 33.4. The van der Waals surface area contributed by atoms with E-state index in [1.807, 2.05) is 0 Å². The molecule has 2 nitrogen and oxygen atoms in total. The van der Waals surface area contributed by atoms with Gasteiger partial charge in [-0.05, 0) is 37.5 Å². The molecule has 48 heavy (non-hydrogen) atoms. The van der Waals surface area contributed by atoms with Crippen LogP contribution in [0.3, 0.4) is 0 Å². The summed E-state index contributed by atoms with van der Waals surface area (Å²) in [7, 11) is 0. The van der Waals surface area contributed by atoms with Gasteiger partial charge in [0.2, 0.25) is 0 Å². The number of nitrogens with zero attached hydrogens (tertiary/aromatic N) is 2. The van der Waals surface area contributed by atoms with Crippen molar-refractivity contribution in [3.8, 4) is 0 Å². The highest BCUT2D eigenvalue weighted by Crippen LogP contribution is 2.20. The van der Waals surface area contributed by atoms with Crippen molar-refractivity contribution in [2.75, 3.05) is 26.2 Å². The first-order chi connectivity index (χ1) is 23.3. The number of hydrogen-bond donors (Lipinski definition) is 2. The number of thiol groups is 2. The smallest absolute Gasteiger partial charge is 0.133 e. The average Bonchev–Trinajstić information content (AvgIpc) is 3.08. The van der Waals surface area contributed by atoms with Crippen LogP contribution >= 0.6 is 49.7 Å². The summed E-state index contributed by atoms with van der Waals surface area (Å²) >= 11 is 19.6. The van der Waals surface area contributed by atoms with E-state index in [1.165, 1.54) is 180 Å². The van der Waals surface area contributed by atoms with E-state index >= 15 is 0 Å². The first-order valence-electron chi connectivity index (χ1n) is 21.3. The Kier molecular flexibility index (Phi) is 42.4. The maximum atomic E-state index is 5.36. The second kappa shape index (κ2) is 40.3. The molecule has 0 saturated carbocycles. The number of unbranched alkanes of at least 4 members (excludes halogenated alkanes) is 20. The Morgan fingerprint density at radius 3 is 0.917 bits per heavy atom. The average molecular weight is 747 g/mol. The lowest BCUT2D eigenvalue weighted by Crippen LogP contribution is -2.35. The van der Waals surface area contributed by atoms with Gasteiger partial charge in [0, 0.05) is 26.2 Å². The van der Waals surface area contributed by atoms with Crippen LogP contribution in [-0.4, -0.2) is 44.6 Å². The topological polar surface area (TPSA) is 6.48 Å². The molecule has 0 aliphatic rings. The summed E-state index contributed by atoms with van der Waals surface area (Å²) in [6.45, 7) is 18.1. The van der Waals surface area contributed by atoms with E-state index in [2.05, 4.69) is 76.6 Å². The number of hydrogen-bond acceptors (Lipinski definition) is 2. The van der Waals surface area contributed by atoms with Crippen LogP contribution in [0.15, 0.2) is 0 Å². The lowest BCUT2D eigenvalue weighted by molar-refractivity contribution is 0.269. The molecule has 0 aromatic carbocycles. The van der Waals surface area contributed by atoms with E-state index in [0.29, 0.717) is 0 Å². The Labute approximate surface area is 325 Å². The van der Waals surface area contributed by atoms with Gasteiger partial charge in [-0.25, -0.2) is 0 Å². The molecule has 6 heteroatoms. The van der Waals surface area contributed by atoms with Gasteiger partial charge >= 0.3 is 0 Å². The zero-order valence-corrected chi connectivity index (χ0v) is 36.8. The second-order valence-electron chi connectivity index (χ2n) is 14.7. The molecule has 2 unspecified atom stereocenters. The Bertz CT molecular complexity index is 632. The van der Waals surface area contributed by atoms with Gasteiger partial charge in [-0.1, -0.05) is 220 Å². The van der Waals surface area contributed by atoms with E-state index in [-0.39, 0.29) is 0 Å². The Hall–Kier alpha value is 0.480. The second-order valence-corrected chi connectivity index (χ2v) is 16.9. The van der Waals surface area contributed by atoms with E-state index in [9.17, 15) is 0 Å². The largest absolute Gasteiger partial charge is 0.358 e. The van der Waals surface area contributed by atoms with Crippen molar-refractivity contribution in [1.82, 2.24) is 9.80 Å². The predicted octanol–water partition coefficient (Wildman–Crippen LogP) is 15.3. The summed E-state index contributed by atoms with van der Waals surface area (Å²) in [4.78, 5) is 4.68. The van der Waals surface area contributed by atoms with E-state index < -0.39 is 0 Å². The van der Waals surface area contributed by atoms with Crippen LogP contribution in [0.4, 0.5) is 0 Å². The summed E-state index contributed by atoms with van der Waals surface area (Å²) in [5.74, 6) is 1.53. The maximum absolute atomic E-state index is 5.36. The van der Waals surface area contributed by atoms with Gasteiger partial charge in [-0.2, -0.15) is 0 Å².